The maximum Gasteiger partial charge on any atom is 0.211 e. The molecule has 0 aromatic rings. The Morgan fingerprint density at radius 1 is 1.43 bits per heavy atom. The molecule has 14 heavy (non-hydrogen) atoms. The third-order valence-corrected chi connectivity index (χ3v) is 5.24. The van der Waals surface area contributed by atoms with E-state index >= 15 is 0 Å². The van der Waals surface area contributed by atoms with Gasteiger partial charge < -0.3 is 5.32 Å². The third kappa shape index (κ3) is 2.42. The highest BCUT2D eigenvalue weighted by molar-refractivity contribution is 8.00. The van der Waals surface area contributed by atoms with Crippen LogP contribution in [-0.4, -0.2) is 56.2 Å². The first-order chi connectivity index (χ1) is 6.55. The third-order valence-electron chi connectivity index (χ3n) is 2.73. The van der Waals surface area contributed by atoms with Gasteiger partial charge in [-0.05, 0) is 5.92 Å². The zero-order valence-corrected chi connectivity index (χ0v) is 9.90. The molecule has 0 aliphatic carbocycles. The minimum absolute atomic E-state index is 0.523. The lowest BCUT2D eigenvalue weighted by molar-refractivity contribution is 0.194. The summed E-state index contributed by atoms with van der Waals surface area (Å²) < 4.78 is 23.7. The van der Waals surface area contributed by atoms with Gasteiger partial charge in [0, 0.05) is 37.2 Å². The number of nitrogens with zero attached hydrogens (tertiary/aromatic N) is 1. The van der Waals surface area contributed by atoms with Crippen LogP contribution in [0.4, 0.5) is 0 Å². The molecular formula is C8H16N2O2S2. The predicted molar refractivity (Wildman–Crippen MR) is 59.0 cm³/mol. The van der Waals surface area contributed by atoms with Gasteiger partial charge in [-0.15, -0.1) is 0 Å². The van der Waals surface area contributed by atoms with E-state index in [0.717, 1.165) is 6.54 Å². The SMILES string of the molecule is CS(=O)(=O)N1CC(CNC2CSC2)C1. The van der Waals surface area contributed by atoms with Gasteiger partial charge in [-0.2, -0.15) is 11.8 Å². The molecule has 0 bridgehead atoms. The minimum atomic E-state index is -2.93. The van der Waals surface area contributed by atoms with Crippen molar-refractivity contribution < 1.29 is 8.42 Å². The Hall–Kier alpha value is 0.220. The molecule has 0 saturated carbocycles. The van der Waals surface area contributed by atoms with E-state index in [1.54, 1.807) is 0 Å². The van der Waals surface area contributed by atoms with Crippen LogP contribution in [0.1, 0.15) is 0 Å². The summed E-state index contributed by atoms with van der Waals surface area (Å²) in [6.07, 6.45) is 1.28. The van der Waals surface area contributed by atoms with Crippen molar-refractivity contribution in [2.24, 2.45) is 5.92 Å². The van der Waals surface area contributed by atoms with Gasteiger partial charge in [0.1, 0.15) is 0 Å². The maximum atomic E-state index is 11.1. The van der Waals surface area contributed by atoms with Gasteiger partial charge in [0.15, 0.2) is 0 Å². The monoisotopic (exact) mass is 236 g/mol. The van der Waals surface area contributed by atoms with Crippen LogP contribution in [-0.2, 0) is 10.0 Å². The molecule has 82 valence electrons. The molecule has 2 fully saturated rings. The number of hydrogen-bond acceptors (Lipinski definition) is 4. The number of sulfonamides is 1. The molecule has 0 amide bonds. The molecule has 2 saturated heterocycles. The first-order valence-electron chi connectivity index (χ1n) is 4.82. The van der Waals surface area contributed by atoms with Gasteiger partial charge in [-0.25, -0.2) is 12.7 Å². The molecule has 4 nitrogen and oxygen atoms in total. The highest BCUT2D eigenvalue weighted by atomic mass is 32.2. The summed E-state index contributed by atoms with van der Waals surface area (Å²) in [4.78, 5) is 0. The van der Waals surface area contributed by atoms with E-state index < -0.39 is 10.0 Å². The topological polar surface area (TPSA) is 49.4 Å². The number of nitrogens with one attached hydrogen (secondary N) is 1. The summed E-state index contributed by atoms with van der Waals surface area (Å²) in [6.45, 7) is 2.37. The van der Waals surface area contributed by atoms with E-state index in [9.17, 15) is 8.42 Å². The molecule has 2 aliphatic heterocycles. The molecule has 0 atom stereocenters. The van der Waals surface area contributed by atoms with Gasteiger partial charge in [-0.1, -0.05) is 0 Å². The summed E-state index contributed by atoms with van der Waals surface area (Å²) in [5.74, 6) is 2.95. The summed E-state index contributed by atoms with van der Waals surface area (Å²) in [5, 5.41) is 3.45. The lowest BCUT2D eigenvalue weighted by atomic mass is 10.0. The van der Waals surface area contributed by atoms with E-state index in [2.05, 4.69) is 5.32 Å². The van der Waals surface area contributed by atoms with Gasteiger partial charge in [0.05, 0.1) is 6.26 Å². The fourth-order valence-corrected chi connectivity index (χ4v) is 3.28. The first-order valence-corrected chi connectivity index (χ1v) is 7.82. The smallest absolute Gasteiger partial charge is 0.211 e. The normalized spacial score (nSPS) is 25.8. The van der Waals surface area contributed by atoms with Crippen molar-refractivity contribution in [2.45, 2.75) is 6.04 Å². The van der Waals surface area contributed by atoms with Crippen LogP contribution >= 0.6 is 11.8 Å². The van der Waals surface area contributed by atoms with Gasteiger partial charge in [0.25, 0.3) is 0 Å². The van der Waals surface area contributed by atoms with E-state index in [1.165, 1.54) is 22.1 Å². The minimum Gasteiger partial charge on any atom is -0.312 e. The maximum absolute atomic E-state index is 11.1. The molecule has 0 spiro atoms. The van der Waals surface area contributed by atoms with Gasteiger partial charge >= 0.3 is 0 Å². The highest BCUT2D eigenvalue weighted by Gasteiger charge is 2.33. The Kier molecular flexibility index (Phi) is 3.06. The highest BCUT2D eigenvalue weighted by Crippen LogP contribution is 2.20. The first kappa shape index (κ1) is 10.7. The molecule has 2 heterocycles. The quantitative estimate of drug-likeness (QED) is 0.720. The van der Waals surface area contributed by atoms with Crippen LogP contribution in [0.25, 0.3) is 0 Å². The van der Waals surface area contributed by atoms with Crippen LogP contribution in [0.5, 0.6) is 0 Å². The van der Waals surface area contributed by atoms with Crippen molar-refractivity contribution in [2.75, 3.05) is 37.4 Å². The lowest BCUT2D eigenvalue weighted by Gasteiger charge is -2.38. The fraction of sp³-hybridized carbons (Fsp3) is 1.00. The molecular weight excluding hydrogens is 220 g/mol. The molecule has 0 aromatic carbocycles. The Balaban J connectivity index is 1.63. The zero-order chi connectivity index (χ0) is 10.2. The van der Waals surface area contributed by atoms with Gasteiger partial charge in [-0.3, -0.25) is 0 Å². The Labute approximate surface area is 89.5 Å². The van der Waals surface area contributed by atoms with Crippen molar-refractivity contribution in [3.63, 3.8) is 0 Å². The molecule has 2 aliphatic rings. The van der Waals surface area contributed by atoms with Crippen LogP contribution in [0.15, 0.2) is 0 Å². The molecule has 1 N–H and O–H groups in total. The summed E-state index contributed by atoms with van der Waals surface area (Å²) in [5.41, 5.74) is 0. The van der Waals surface area contributed by atoms with Crippen molar-refractivity contribution in [3.05, 3.63) is 0 Å². The molecule has 6 heteroatoms. The van der Waals surface area contributed by atoms with Crippen molar-refractivity contribution in [3.8, 4) is 0 Å². The summed E-state index contributed by atoms with van der Waals surface area (Å²) in [7, 11) is -2.93. The number of thioether (sulfide) groups is 1. The van der Waals surface area contributed by atoms with Crippen LogP contribution in [0, 0.1) is 5.92 Å². The summed E-state index contributed by atoms with van der Waals surface area (Å²) >= 11 is 1.96. The molecule has 0 aromatic heterocycles. The van der Waals surface area contributed by atoms with Crippen LogP contribution in [0.3, 0.4) is 0 Å². The van der Waals surface area contributed by atoms with E-state index in [1.807, 2.05) is 11.8 Å². The lowest BCUT2D eigenvalue weighted by Crippen LogP contribution is -2.55. The number of hydrogen-bond donors (Lipinski definition) is 1. The van der Waals surface area contributed by atoms with E-state index in [4.69, 9.17) is 0 Å². The van der Waals surface area contributed by atoms with Crippen molar-refractivity contribution >= 4 is 21.8 Å². The summed E-state index contributed by atoms with van der Waals surface area (Å²) in [6, 6.07) is 0.673. The second-order valence-corrected chi connectivity index (χ2v) is 7.15. The Morgan fingerprint density at radius 2 is 2.07 bits per heavy atom. The molecule has 2 rings (SSSR count). The largest absolute Gasteiger partial charge is 0.312 e. The average Bonchev–Trinajstić information content (AvgIpc) is 1.86. The second-order valence-electron chi connectivity index (χ2n) is 4.09. The zero-order valence-electron chi connectivity index (χ0n) is 8.27. The predicted octanol–water partition coefficient (Wildman–Crippen LogP) is -0.417. The second kappa shape index (κ2) is 4.00. The van der Waals surface area contributed by atoms with E-state index in [0.29, 0.717) is 25.0 Å². The Morgan fingerprint density at radius 3 is 2.50 bits per heavy atom. The standard InChI is InChI=1S/C8H16N2O2S2/c1-14(11,12)10-3-7(4-10)2-9-8-5-13-6-8/h7-9H,2-6H2,1H3. The van der Waals surface area contributed by atoms with Crippen LogP contribution < -0.4 is 5.32 Å². The molecule has 0 unspecified atom stereocenters. The Bertz CT molecular complexity index is 294. The number of rotatable bonds is 4. The fourth-order valence-electron chi connectivity index (χ4n) is 1.61. The average molecular weight is 236 g/mol. The van der Waals surface area contributed by atoms with Crippen molar-refractivity contribution in [1.82, 2.24) is 9.62 Å². The molecule has 0 radical (unpaired) electrons. The van der Waals surface area contributed by atoms with Crippen molar-refractivity contribution in [1.29, 1.82) is 0 Å². The van der Waals surface area contributed by atoms with Crippen LogP contribution in [0.2, 0.25) is 0 Å². The van der Waals surface area contributed by atoms with E-state index in [-0.39, 0.29) is 0 Å². The van der Waals surface area contributed by atoms with Gasteiger partial charge in [0.2, 0.25) is 10.0 Å².